The Morgan fingerprint density at radius 3 is 2.76 bits per heavy atom. The molecule has 0 radical (unpaired) electrons. The van der Waals surface area contributed by atoms with Crippen LogP contribution in [0.1, 0.15) is 0 Å². The molecule has 0 aliphatic rings. The number of phenolic OH excluding ortho intramolecular Hbond substituents is 1. The van der Waals surface area contributed by atoms with Crippen molar-refractivity contribution >= 4 is 22.5 Å². The first-order chi connectivity index (χ1) is 10.2. The number of phenols is 1. The van der Waals surface area contributed by atoms with E-state index in [-0.39, 0.29) is 5.75 Å². The number of nitrogens with zero attached hydrogens (tertiary/aromatic N) is 3. The Bertz CT molecular complexity index is 975. The fourth-order valence-electron chi connectivity index (χ4n) is 2.57. The van der Waals surface area contributed by atoms with E-state index >= 15 is 0 Å². The third-order valence-electron chi connectivity index (χ3n) is 3.50. The number of hydrogen-bond acceptors (Lipinski definition) is 4. The highest BCUT2D eigenvalue weighted by molar-refractivity contribution is 5.85. The van der Waals surface area contributed by atoms with Crippen molar-refractivity contribution in [2.75, 3.05) is 5.73 Å². The molecule has 5 nitrogen and oxygen atoms in total. The number of aromatic hydroxyl groups is 1. The summed E-state index contributed by atoms with van der Waals surface area (Å²) in [5.74, 6) is 0.605. The smallest absolute Gasteiger partial charge is 0.180 e. The van der Waals surface area contributed by atoms with Crippen LogP contribution >= 0.6 is 0 Å². The van der Waals surface area contributed by atoms with E-state index in [2.05, 4.69) is 9.97 Å². The molecule has 21 heavy (non-hydrogen) atoms. The van der Waals surface area contributed by atoms with Gasteiger partial charge in [0.1, 0.15) is 5.75 Å². The van der Waals surface area contributed by atoms with Crippen molar-refractivity contribution in [1.82, 2.24) is 14.4 Å². The van der Waals surface area contributed by atoms with E-state index < -0.39 is 0 Å². The Labute approximate surface area is 120 Å². The van der Waals surface area contributed by atoms with E-state index in [1.807, 2.05) is 34.7 Å². The molecular weight excluding hydrogens is 264 g/mol. The molecule has 3 N–H and O–H groups in total. The predicted octanol–water partition coefficient (Wildman–Crippen LogP) is 2.84. The number of nitrogen functional groups attached to an aromatic ring is 1. The monoisotopic (exact) mass is 276 g/mol. The topological polar surface area (TPSA) is 76.4 Å². The minimum atomic E-state index is 0.216. The fraction of sp³-hybridized carbons (Fsp3) is 0. The second kappa shape index (κ2) is 4.21. The summed E-state index contributed by atoms with van der Waals surface area (Å²) in [4.78, 5) is 8.74. The SMILES string of the molecule is Nc1nc2ccccc2n2c(-c3cccc(O)c3)cnc12. The highest BCUT2D eigenvalue weighted by Gasteiger charge is 2.13. The molecule has 0 fully saturated rings. The molecule has 2 aromatic heterocycles. The molecule has 2 heterocycles. The summed E-state index contributed by atoms with van der Waals surface area (Å²) >= 11 is 0. The maximum absolute atomic E-state index is 9.69. The second-order valence-corrected chi connectivity index (χ2v) is 4.84. The summed E-state index contributed by atoms with van der Waals surface area (Å²) in [6.07, 6.45) is 1.74. The van der Waals surface area contributed by atoms with Gasteiger partial charge in [-0.15, -0.1) is 0 Å². The number of para-hydroxylation sites is 2. The van der Waals surface area contributed by atoms with Crippen LogP contribution in [-0.2, 0) is 0 Å². The molecule has 4 aromatic rings. The lowest BCUT2D eigenvalue weighted by molar-refractivity contribution is 0.475. The maximum Gasteiger partial charge on any atom is 0.180 e. The van der Waals surface area contributed by atoms with Crippen molar-refractivity contribution in [1.29, 1.82) is 0 Å². The first-order valence-electron chi connectivity index (χ1n) is 6.55. The minimum Gasteiger partial charge on any atom is -0.508 e. The van der Waals surface area contributed by atoms with Gasteiger partial charge in [-0.1, -0.05) is 24.3 Å². The van der Waals surface area contributed by atoms with Gasteiger partial charge in [-0.2, -0.15) is 0 Å². The zero-order valence-corrected chi connectivity index (χ0v) is 11.1. The van der Waals surface area contributed by atoms with Crippen LogP contribution < -0.4 is 5.73 Å². The Morgan fingerprint density at radius 1 is 1.05 bits per heavy atom. The quantitative estimate of drug-likeness (QED) is 0.560. The number of fused-ring (bicyclic) bond motifs is 3. The number of nitrogens with two attached hydrogens (primary N) is 1. The zero-order chi connectivity index (χ0) is 14.4. The van der Waals surface area contributed by atoms with Gasteiger partial charge < -0.3 is 10.8 Å². The lowest BCUT2D eigenvalue weighted by atomic mass is 10.1. The normalized spacial score (nSPS) is 11.2. The van der Waals surface area contributed by atoms with Gasteiger partial charge in [0.05, 0.1) is 22.9 Å². The summed E-state index contributed by atoms with van der Waals surface area (Å²) < 4.78 is 1.96. The van der Waals surface area contributed by atoms with Gasteiger partial charge in [0.2, 0.25) is 0 Å². The van der Waals surface area contributed by atoms with Gasteiger partial charge in [0.15, 0.2) is 11.5 Å². The van der Waals surface area contributed by atoms with E-state index in [1.54, 1.807) is 24.4 Å². The molecule has 5 heteroatoms. The average Bonchev–Trinajstić information content (AvgIpc) is 2.93. The van der Waals surface area contributed by atoms with Crippen LogP contribution in [-0.4, -0.2) is 19.5 Å². The molecule has 0 aliphatic heterocycles. The number of anilines is 1. The molecule has 0 saturated carbocycles. The molecule has 0 aliphatic carbocycles. The van der Waals surface area contributed by atoms with Crippen LogP contribution in [0.3, 0.4) is 0 Å². The molecule has 102 valence electrons. The van der Waals surface area contributed by atoms with Crippen LogP contribution in [0, 0.1) is 0 Å². The van der Waals surface area contributed by atoms with Gasteiger partial charge in [-0.25, -0.2) is 9.97 Å². The second-order valence-electron chi connectivity index (χ2n) is 4.84. The lowest BCUT2D eigenvalue weighted by Gasteiger charge is -2.08. The number of imidazole rings is 1. The molecule has 0 amide bonds. The van der Waals surface area contributed by atoms with Gasteiger partial charge >= 0.3 is 0 Å². The van der Waals surface area contributed by atoms with Crippen LogP contribution in [0.15, 0.2) is 54.7 Å². The van der Waals surface area contributed by atoms with Crippen molar-refractivity contribution in [3.05, 3.63) is 54.7 Å². The first kappa shape index (κ1) is 11.7. The Hall–Kier alpha value is -3.08. The lowest BCUT2D eigenvalue weighted by Crippen LogP contribution is -1.99. The van der Waals surface area contributed by atoms with Crippen molar-refractivity contribution in [3.63, 3.8) is 0 Å². The van der Waals surface area contributed by atoms with Crippen molar-refractivity contribution in [2.24, 2.45) is 0 Å². The molecule has 0 unspecified atom stereocenters. The molecule has 0 bridgehead atoms. The van der Waals surface area contributed by atoms with Crippen LogP contribution in [0.5, 0.6) is 5.75 Å². The summed E-state index contributed by atoms with van der Waals surface area (Å²) in [6.45, 7) is 0. The van der Waals surface area contributed by atoms with E-state index in [0.717, 1.165) is 22.3 Å². The van der Waals surface area contributed by atoms with Gasteiger partial charge in [0.25, 0.3) is 0 Å². The largest absolute Gasteiger partial charge is 0.508 e. The summed E-state index contributed by atoms with van der Waals surface area (Å²) in [5.41, 5.74) is 10.1. The summed E-state index contributed by atoms with van der Waals surface area (Å²) in [5, 5.41) is 9.69. The van der Waals surface area contributed by atoms with Crippen LogP contribution in [0.25, 0.3) is 27.9 Å². The number of benzene rings is 2. The zero-order valence-electron chi connectivity index (χ0n) is 11.1. The first-order valence-corrected chi connectivity index (χ1v) is 6.55. The van der Waals surface area contributed by atoms with E-state index in [0.29, 0.717) is 11.5 Å². The fourth-order valence-corrected chi connectivity index (χ4v) is 2.57. The molecule has 2 aromatic carbocycles. The summed E-state index contributed by atoms with van der Waals surface area (Å²) in [6, 6.07) is 14.8. The third kappa shape index (κ3) is 1.71. The highest BCUT2D eigenvalue weighted by atomic mass is 16.3. The number of rotatable bonds is 1. The Morgan fingerprint density at radius 2 is 1.90 bits per heavy atom. The van der Waals surface area contributed by atoms with Crippen molar-refractivity contribution in [2.45, 2.75) is 0 Å². The van der Waals surface area contributed by atoms with E-state index in [9.17, 15) is 5.11 Å². The molecule has 0 atom stereocenters. The third-order valence-corrected chi connectivity index (χ3v) is 3.50. The van der Waals surface area contributed by atoms with Crippen LogP contribution in [0.2, 0.25) is 0 Å². The van der Waals surface area contributed by atoms with Crippen LogP contribution in [0.4, 0.5) is 5.82 Å². The highest BCUT2D eigenvalue weighted by Crippen LogP contribution is 2.28. The summed E-state index contributed by atoms with van der Waals surface area (Å²) in [7, 11) is 0. The van der Waals surface area contributed by atoms with Crippen molar-refractivity contribution < 1.29 is 5.11 Å². The molecular formula is C16H12N4O. The van der Waals surface area contributed by atoms with Gasteiger partial charge in [0, 0.05) is 5.56 Å². The standard InChI is InChI=1S/C16H12N4O/c17-15-16-18-9-14(10-4-3-5-11(21)8-10)20(16)13-7-2-1-6-12(13)19-15/h1-9,21H,(H2,17,19). The van der Waals surface area contributed by atoms with Crippen molar-refractivity contribution in [3.8, 4) is 17.0 Å². The van der Waals surface area contributed by atoms with Gasteiger partial charge in [-0.3, -0.25) is 4.40 Å². The molecule has 0 spiro atoms. The Balaban J connectivity index is 2.16. The van der Waals surface area contributed by atoms with E-state index in [4.69, 9.17) is 5.73 Å². The molecule has 0 saturated heterocycles. The average molecular weight is 276 g/mol. The number of hydrogen-bond donors (Lipinski definition) is 2. The minimum absolute atomic E-state index is 0.216. The predicted molar refractivity (Wildman–Crippen MR) is 82.0 cm³/mol. The number of aromatic nitrogens is 3. The Kier molecular flexibility index (Phi) is 2.35. The maximum atomic E-state index is 9.69. The molecule has 4 rings (SSSR count). The van der Waals surface area contributed by atoms with Gasteiger partial charge in [-0.05, 0) is 24.3 Å². The van der Waals surface area contributed by atoms with E-state index in [1.165, 1.54) is 0 Å².